The molecule has 226 valence electrons. The van der Waals surface area contributed by atoms with E-state index in [1.54, 1.807) is 13.1 Å². The lowest BCUT2D eigenvalue weighted by Crippen LogP contribution is -2.61. The van der Waals surface area contributed by atoms with E-state index in [1.807, 2.05) is 31.2 Å². The van der Waals surface area contributed by atoms with E-state index in [9.17, 15) is 29.4 Å². The zero-order chi connectivity index (χ0) is 30.7. The highest BCUT2D eigenvalue weighted by Gasteiger charge is 2.34. The van der Waals surface area contributed by atoms with Crippen LogP contribution in [0.4, 0.5) is 0 Å². The zero-order valence-electron chi connectivity index (χ0n) is 23.6. The second-order valence-electron chi connectivity index (χ2n) is 10.1. The van der Waals surface area contributed by atoms with Gasteiger partial charge in [0.2, 0.25) is 17.7 Å². The van der Waals surface area contributed by atoms with Crippen LogP contribution in [0.5, 0.6) is 0 Å². The summed E-state index contributed by atoms with van der Waals surface area (Å²) in [5.41, 5.74) is 18.1. The second kappa shape index (κ2) is 15.6. The molecule has 0 aliphatic heterocycles. The van der Waals surface area contributed by atoms with E-state index >= 15 is 0 Å². The molecule has 1 heterocycles. The van der Waals surface area contributed by atoms with Crippen molar-refractivity contribution in [3.63, 3.8) is 0 Å². The first-order chi connectivity index (χ1) is 19.3. The Kier molecular flexibility index (Phi) is 12.5. The minimum Gasteiger partial charge on any atom is -0.480 e. The number of aliphatic imine (C=N–C) groups is 1. The van der Waals surface area contributed by atoms with Crippen molar-refractivity contribution in [3.05, 3.63) is 36.0 Å². The van der Waals surface area contributed by atoms with Crippen LogP contribution in [0.1, 0.15) is 45.6 Å². The molecular weight excluding hydrogens is 532 g/mol. The first kappa shape index (κ1) is 33.0. The van der Waals surface area contributed by atoms with Crippen molar-refractivity contribution in [2.24, 2.45) is 28.1 Å². The number of carboxylic acid groups (broad SMARTS) is 1. The summed E-state index contributed by atoms with van der Waals surface area (Å²) >= 11 is 0. The predicted octanol–water partition coefficient (Wildman–Crippen LogP) is -0.943. The van der Waals surface area contributed by atoms with Gasteiger partial charge in [-0.2, -0.15) is 0 Å². The summed E-state index contributed by atoms with van der Waals surface area (Å²) in [6.45, 7) is 5.16. The molecule has 6 unspecified atom stereocenters. The highest BCUT2D eigenvalue weighted by molar-refractivity contribution is 5.94. The zero-order valence-corrected chi connectivity index (χ0v) is 23.6. The molecule has 2 aromatic rings. The molecular formula is C27H42N8O6. The fourth-order valence-corrected chi connectivity index (χ4v) is 4.24. The molecule has 2 rings (SSSR count). The topological polar surface area (TPSA) is 251 Å². The number of aliphatic carboxylic acids is 1. The second-order valence-corrected chi connectivity index (χ2v) is 10.1. The minimum atomic E-state index is -1.48. The fraction of sp³-hybridized carbons (Fsp3) is 0.519. The van der Waals surface area contributed by atoms with Crippen LogP contribution in [0.3, 0.4) is 0 Å². The minimum absolute atomic E-state index is 0.0296. The van der Waals surface area contributed by atoms with Gasteiger partial charge in [-0.25, -0.2) is 4.79 Å². The number of fused-ring (bicyclic) bond motifs is 1. The van der Waals surface area contributed by atoms with E-state index in [-0.39, 0.29) is 24.7 Å². The summed E-state index contributed by atoms with van der Waals surface area (Å²) in [5.74, 6) is -3.87. The normalized spacial score (nSPS) is 15.5. The molecule has 41 heavy (non-hydrogen) atoms. The molecule has 0 saturated heterocycles. The number of nitrogens with one attached hydrogen (secondary N) is 4. The molecule has 6 atom stereocenters. The summed E-state index contributed by atoms with van der Waals surface area (Å²) in [7, 11) is 0. The monoisotopic (exact) mass is 574 g/mol. The number of carboxylic acids is 1. The van der Waals surface area contributed by atoms with Gasteiger partial charge in [0.05, 0.1) is 12.1 Å². The molecule has 0 spiro atoms. The number of aromatic amines is 1. The van der Waals surface area contributed by atoms with E-state index in [0.29, 0.717) is 24.9 Å². The number of aliphatic hydroxyl groups excluding tert-OH is 1. The van der Waals surface area contributed by atoms with Crippen LogP contribution in [-0.4, -0.2) is 81.7 Å². The van der Waals surface area contributed by atoms with E-state index in [2.05, 4.69) is 25.9 Å². The summed E-state index contributed by atoms with van der Waals surface area (Å²) in [6.07, 6.45) is 1.50. The van der Waals surface area contributed by atoms with Crippen LogP contribution in [0, 0.1) is 5.92 Å². The third kappa shape index (κ3) is 9.76. The SMILES string of the molecule is CCC(C)C(NC(=O)C(N)CCCN=C(N)N)C(=O)NC(C(=O)NC(Cc1c[nH]c2ccccc12)C(=O)O)C(C)O. The number of guanidine groups is 1. The van der Waals surface area contributed by atoms with Crippen molar-refractivity contribution in [2.45, 2.75) is 76.7 Å². The molecule has 14 heteroatoms. The van der Waals surface area contributed by atoms with Crippen LogP contribution < -0.4 is 33.2 Å². The number of nitrogens with two attached hydrogens (primary N) is 3. The first-order valence-corrected chi connectivity index (χ1v) is 13.5. The number of nitrogens with zero attached hydrogens (tertiary/aromatic N) is 1. The van der Waals surface area contributed by atoms with Crippen LogP contribution in [-0.2, 0) is 25.6 Å². The van der Waals surface area contributed by atoms with E-state index in [4.69, 9.17) is 17.2 Å². The van der Waals surface area contributed by atoms with Gasteiger partial charge >= 0.3 is 5.97 Å². The third-order valence-electron chi connectivity index (χ3n) is 6.87. The molecule has 0 aliphatic carbocycles. The van der Waals surface area contributed by atoms with Gasteiger partial charge in [-0.1, -0.05) is 38.5 Å². The summed E-state index contributed by atoms with van der Waals surface area (Å²) in [6, 6.07) is 2.53. The summed E-state index contributed by atoms with van der Waals surface area (Å²) < 4.78 is 0. The van der Waals surface area contributed by atoms with E-state index < -0.39 is 54.0 Å². The first-order valence-electron chi connectivity index (χ1n) is 13.5. The molecule has 0 saturated carbocycles. The van der Waals surface area contributed by atoms with Crippen molar-refractivity contribution in [1.82, 2.24) is 20.9 Å². The highest BCUT2D eigenvalue weighted by atomic mass is 16.4. The molecule has 0 bridgehead atoms. The Morgan fingerprint density at radius 3 is 2.24 bits per heavy atom. The molecule has 14 nitrogen and oxygen atoms in total. The van der Waals surface area contributed by atoms with Gasteiger partial charge in [0.15, 0.2) is 5.96 Å². The van der Waals surface area contributed by atoms with Gasteiger partial charge in [0.1, 0.15) is 18.1 Å². The Hall–Kier alpha value is -4.17. The lowest BCUT2D eigenvalue weighted by molar-refractivity contribution is -0.143. The molecule has 0 radical (unpaired) electrons. The third-order valence-corrected chi connectivity index (χ3v) is 6.87. The van der Waals surface area contributed by atoms with Crippen molar-refractivity contribution in [1.29, 1.82) is 0 Å². The van der Waals surface area contributed by atoms with Crippen molar-refractivity contribution in [3.8, 4) is 0 Å². The summed E-state index contributed by atoms with van der Waals surface area (Å²) in [5, 5.41) is 28.5. The van der Waals surface area contributed by atoms with Gasteiger partial charge in [-0.15, -0.1) is 0 Å². The standard InChI is InChI=1S/C27H42N8O6/c1-4-14(2)21(34-23(37)18(28)9-7-11-31-27(29)30)24(38)35-22(15(3)36)25(39)33-20(26(40)41)12-16-13-32-19-10-6-5-8-17(16)19/h5-6,8,10,13-15,18,20-22,32,36H,4,7,9,11-12,28H2,1-3H3,(H,33,39)(H,34,37)(H,35,38)(H,40,41)(H4,29,30,31). The Balaban J connectivity index is 2.11. The molecule has 12 N–H and O–H groups in total. The van der Waals surface area contributed by atoms with Gasteiger partial charge in [-0.3, -0.25) is 19.4 Å². The highest BCUT2D eigenvalue weighted by Crippen LogP contribution is 2.19. The average Bonchev–Trinajstić information content (AvgIpc) is 3.33. The number of para-hydroxylation sites is 1. The number of amides is 3. The Labute approximate surface area is 238 Å². The maximum Gasteiger partial charge on any atom is 0.326 e. The number of rotatable bonds is 16. The maximum absolute atomic E-state index is 13.3. The number of H-pyrrole nitrogens is 1. The predicted molar refractivity (Wildman–Crippen MR) is 154 cm³/mol. The number of aromatic nitrogens is 1. The largest absolute Gasteiger partial charge is 0.480 e. The van der Waals surface area contributed by atoms with Gasteiger partial charge in [0.25, 0.3) is 0 Å². The van der Waals surface area contributed by atoms with E-state index in [1.165, 1.54) is 6.92 Å². The van der Waals surface area contributed by atoms with Crippen molar-refractivity contribution >= 4 is 40.6 Å². The number of hydrogen-bond acceptors (Lipinski definition) is 7. The van der Waals surface area contributed by atoms with Gasteiger partial charge in [0, 0.05) is 30.1 Å². The maximum atomic E-state index is 13.3. The van der Waals surface area contributed by atoms with Gasteiger partial charge < -0.3 is 48.3 Å². The smallest absolute Gasteiger partial charge is 0.326 e. The Bertz CT molecular complexity index is 1230. The van der Waals surface area contributed by atoms with Gasteiger partial charge in [-0.05, 0) is 37.3 Å². The lowest BCUT2D eigenvalue weighted by Gasteiger charge is -2.29. The number of aliphatic hydroxyl groups is 1. The molecule has 1 aromatic heterocycles. The number of benzene rings is 1. The molecule has 0 aliphatic rings. The van der Waals surface area contributed by atoms with Crippen LogP contribution in [0.15, 0.2) is 35.5 Å². The van der Waals surface area contributed by atoms with Crippen LogP contribution in [0.2, 0.25) is 0 Å². The number of carbonyl (C=O) groups excluding carboxylic acids is 3. The van der Waals surface area contributed by atoms with Crippen LogP contribution in [0.25, 0.3) is 10.9 Å². The average molecular weight is 575 g/mol. The molecule has 0 fully saturated rings. The fourth-order valence-electron chi connectivity index (χ4n) is 4.24. The lowest BCUT2D eigenvalue weighted by atomic mass is 9.96. The van der Waals surface area contributed by atoms with Crippen LogP contribution >= 0.6 is 0 Å². The number of hydrogen-bond donors (Lipinski definition) is 9. The Morgan fingerprint density at radius 2 is 1.63 bits per heavy atom. The quantitative estimate of drug-likeness (QED) is 0.0680. The van der Waals surface area contributed by atoms with Crippen molar-refractivity contribution in [2.75, 3.05) is 6.54 Å². The Morgan fingerprint density at radius 1 is 1.00 bits per heavy atom. The number of carbonyl (C=O) groups is 4. The van der Waals surface area contributed by atoms with E-state index in [0.717, 1.165) is 10.9 Å². The van der Waals surface area contributed by atoms with Crippen molar-refractivity contribution < 1.29 is 29.4 Å². The summed E-state index contributed by atoms with van der Waals surface area (Å²) in [4.78, 5) is 58.0. The molecule has 3 amide bonds. The molecule has 1 aromatic carbocycles.